The van der Waals surface area contributed by atoms with Crippen LogP contribution in [-0.2, 0) is 6.54 Å². The number of nitrogens with zero attached hydrogens (tertiary/aromatic N) is 1. The number of ether oxygens (including phenoxy) is 1. The number of carbonyl (C=O) groups excluding carboxylic acids is 1. The summed E-state index contributed by atoms with van der Waals surface area (Å²) < 4.78 is 5.01. The molecule has 5 heteroatoms. The Morgan fingerprint density at radius 1 is 1.43 bits per heavy atom. The number of phenols is 1. The molecule has 0 aliphatic heterocycles. The SMILES string of the molecule is COc1ccc(C(=O)N(Cc2cccs2)C2CC2)cc1O. The van der Waals surface area contributed by atoms with Gasteiger partial charge in [0.2, 0.25) is 0 Å². The van der Waals surface area contributed by atoms with Crippen molar-refractivity contribution in [3.8, 4) is 11.5 Å². The number of thiophene rings is 1. The molecule has 1 saturated carbocycles. The van der Waals surface area contributed by atoms with Gasteiger partial charge in [0.25, 0.3) is 5.91 Å². The van der Waals surface area contributed by atoms with E-state index >= 15 is 0 Å². The summed E-state index contributed by atoms with van der Waals surface area (Å²) in [6.07, 6.45) is 2.11. The van der Waals surface area contributed by atoms with E-state index in [0.29, 0.717) is 23.9 Å². The lowest BCUT2D eigenvalue weighted by Crippen LogP contribution is -2.32. The molecule has 4 nitrogen and oxygen atoms in total. The van der Waals surface area contributed by atoms with Crippen LogP contribution in [0.1, 0.15) is 28.1 Å². The number of rotatable bonds is 5. The molecule has 1 aromatic carbocycles. The third-order valence-electron chi connectivity index (χ3n) is 3.58. The molecule has 1 N–H and O–H groups in total. The summed E-state index contributed by atoms with van der Waals surface area (Å²) in [4.78, 5) is 15.8. The Hall–Kier alpha value is -2.01. The number of carbonyl (C=O) groups is 1. The highest BCUT2D eigenvalue weighted by molar-refractivity contribution is 7.09. The van der Waals surface area contributed by atoms with E-state index in [2.05, 4.69) is 0 Å². The largest absolute Gasteiger partial charge is 0.504 e. The molecule has 21 heavy (non-hydrogen) atoms. The Morgan fingerprint density at radius 2 is 2.24 bits per heavy atom. The summed E-state index contributed by atoms with van der Waals surface area (Å²) in [7, 11) is 1.49. The first-order valence-corrected chi connectivity index (χ1v) is 7.77. The molecule has 0 unspecified atom stereocenters. The van der Waals surface area contributed by atoms with Crippen molar-refractivity contribution in [1.82, 2.24) is 4.90 Å². The second-order valence-electron chi connectivity index (χ2n) is 5.13. The lowest BCUT2D eigenvalue weighted by Gasteiger charge is -2.22. The molecule has 2 aromatic rings. The molecule has 0 saturated heterocycles. The molecule has 0 radical (unpaired) electrons. The van der Waals surface area contributed by atoms with Crippen molar-refractivity contribution in [2.45, 2.75) is 25.4 Å². The van der Waals surface area contributed by atoms with E-state index in [1.54, 1.807) is 23.5 Å². The van der Waals surface area contributed by atoms with Crippen molar-refractivity contribution < 1.29 is 14.6 Å². The summed E-state index contributed by atoms with van der Waals surface area (Å²) in [5.74, 6) is 0.335. The van der Waals surface area contributed by atoms with Gasteiger partial charge in [0.15, 0.2) is 11.5 Å². The molecule has 3 rings (SSSR count). The second kappa shape index (κ2) is 5.77. The minimum Gasteiger partial charge on any atom is -0.504 e. The van der Waals surface area contributed by atoms with Crippen molar-refractivity contribution in [1.29, 1.82) is 0 Å². The van der Waals surface area contributed by atoms with Crippen molar-refractivity contribution in [3.05, 3.63) is 46.2 Å². The summed E-state index contributed by atoms with van der Waals surface area (Å²) in [6, 6.07) is 9.16. The third-order valence-corrected chi connectivity index (χ3v) is 4.44. The molecule has 0 spiro atoms. The Labute approximate surface area is 127 Å². The number of methoxy groups -OCH3 is 1. The highest BCUT2D eigenvalue weighted by Crippen LogP contribution is 2.32. The van der Waals surface area contributed by atoms with E-state index in [1.807, 2.05) is 22.4 Å². The summed E-state index contributed by atoms with van der Waals surface area (Å²) in [5.41, 5.74) is 0.497. The Balaban J connectivity index is 1.82. The minimum atomic E-state index is -0.0381. The van der Waals surface area contributed by atoms with E-state index < -0.39 is 0 Å². The fourth-order valence-electron chi connectivity index (χ4n) is 2.31. The first kappa shape index (κ1) is 13.9. The maximum Gasteiger partial charge on any atom is 0.254 e. The summed E-state index contributed by atoms with van der Waals surface area (Å²) >= 11 is 1.65. The quantitative estimate of drug-likeness (QED) is 0.922. The van der Waals surface area contributed by atoms with Crippen LogP contribution in [0.5, 0.6) is 11.5 Å². The van der Waals surface area contributed by atoms with E-state index in [9.17, 15) is 9.90 Å². The molecule has 1 amide bonds. The van der Waals surface area contributed by atoms with Crippen LogP contribution < -0.4 is 4.74 Å². The highest BCUT2D eigenvalue weighted by atomic mass is 32.1. The van der Waals surface area contributed by atoms with Gasteiger partial charge in [0.1, 0.15) is 0 Å². The van der Waals surface area contributed by atoms with Crippen LogP contribution in [0, 0.1) is 0 Å². The minimum absolute atomic E-state index is 0.00443. The predicted octanol–water partition coefficient (Wildman–Crippen LogP) is 3.27. The number of phenolic OH excluding ortho intramolecular Hbond substituents is 1. The second-order valence-corrected chi connectivity index (χ2v) is 6.16. The van der Waals surface area contributed by atoms with Crippen LogP contribution in [0.15, 0.2) is 35.7 Å². The molecule has 0 bridgehead atoms. The fraction of sp³-hybridized carbons (Fsp3) is 0.312. The van der Waals surface area contributed by atoms with Crippen molar-refractivity contribution in [3.63, 3.8) is 0 Å². The maximum absolute atomic E-state index is 12.7. The average Bonchev–Trinajstić information content (AvgIpc) is 3.20. The topological polar surface area (TPSA) is 49.8 Å². The zero-order chi connectivity index (χ0) is 14.8. The molecule has 1 aliphatic carbocycles. The van der Waals surface area contributed by atoms with E-state index in [-0.39, 0.29) is 11.7 Å². The Morgan fingerprint density at radius 3 is 2.81 bits per heavy atom. The molecule has 1 aromatic heterocycles. The van der Waals surface area contributed by atoms with Crippen LogP contribution in [0.25, 0.3) is 0 Å². The maximum atomic E-state index is 12.7. The monoisotopic (exact) mass is 303 g/mol. The van der Waals surface area contributed by atoms with Gasteiger partial charge < -0.3 is 14.7 Å². The molecular formula is C16H17NO3S. The van der Waals surface area contributed by atoms with Gasteiger partial charge in [0, 0.05) is 16.5 Å². The zero-order valence-corrected chi connectivity index (χ0v) is 12.6. The predicted molar refractivity (Wildman–Crippen MR) is 81.9 cm³/mol. The van der Waals surface area contributed by atoms with Gasteiger partial charge in [-0.2, -0.15) is 0 Å². The van der Waals surface area contributed by atoms with Gasteiger partial charge in [-0.3, -0.25) is 4.79 Å². The normalized spacial score (nSPS) is 14.0. The first-order chi connectivity index (χ1) is 10.2. The van der Waals surface area contributed by atoms with Crippen LogP contribution in [0.2, 0.25) is 0 Å². The van der Waals surface area contributed by atoms with Crippen molar-refractivity contribution in [2.24, 2.45) is 0 Å². The lowest BCUT2D eigenvalue weighted by molar-refractivity contribution is 0.0731. The molecule has 110 valence electrons. The number of hydrogen-bond donors (Lipinski definition) is 1. The molecule has 1 aliphatic rings. The molecule has 1 heterocycles. The molecule has 0 atom stereocenters. The number of aromatic hydroxyl groups is 1. The summed E-state index contributed by atoms with van der Waals surface area (Å²) in [5, 5.41) is 11.9. The lowest BCUT2D eigenvalue weighted by atomic mass is 10.1. The van der Waals surface area contributed by atoms with Crippen LogP contribution >= 0.6 is 11.3 Å². The Bertz CT molecular complexity index is 635. The van der Waals surface area contributed by atoms with Crippen LogP contribution in [-0.4, -0.2) is 29.1 Å². The molecule has 1 fully saturated rings. The standard InChI is InChI=1S/C16H17NO3S/c1-20-15-7-4-11(9-14(15)18)16(19)17(12-5-6-12)10-13-3-2-8-21-13/h2-4,7-9,12,18H,5-6,10H2,1H3. The Kier molecular flexibility index (Phi) is 3.84. The van der Waals surface area contributed by atoms with Crippen LogP contribution in [0.3, 0.4) is 0 Å². The fourth-order valence-corrected chi connectivity index (χ4v) is 3.01. The third kappa shape index (κ3) is 3.03. The van der Waals surface area contributed by atoms with Crippen molar-refractivity contribution >= 4 is 17.2 Å². The van der Waals surface area contributed by atoms with Gasteiger partial charge in [-0.1, -0.05) is 6.07 Å². The molecular weight excluding hydrogens is 286 g/mol. The van der Waals surface area contributed by atoms with E-state index in [0.717, 1.165) is 12.8 Å². The van der Waals surface area contributed by atoms with Gasteiger partial charge in [-0.15, -0.1) is 11.3 Å². The first-order valence-electron chi connectivity index (χ1n) is 6.89. The average molecular weight is 303 g/mol. The smallest absolute Gasteiger partial charge is 0.254 e. The van der Waals surface area contributed by atoms with E-state index in [1.165, 1.54) is 18.1 Å². The highest BCUT2D eigenvalue weighted by Gasteiger charge is 2.33. The number of benzene rings is 1. The van der Waals surface area contributed by atoms with Gasteiger partial charge in [-0.25, -0.2) is 0 Å². The van der Waals surface area contributed by atoms with Gasteiger partial charge in [-0.05, 0) is 42.5 Å². The number of amides is 1. The van der Waals surface area contributed by atoms with Crippen LogP contribution in [0.4, 0.5) is 0 Å². The van der Waals surface area contributed by atoms with Crippen molar-refractivity contribution in [2.75, 3.05) is 7.11 Å². The zero-order valence-electron chi connectivity index (χ0n) is 11.8. The van der Waals surface area contributed by atoms with Gasteiger partial charge >= 0.3 is 0 Å². The number of hydrogen-bond acceptors (Lipinski definition) is 4. The van der Waals surface area contributed by atoms with Gasteiger partial charge in [0.05, 0.1) is 13.7 Å². The summed E-state index contributed by atoms with van der Waals surface area (Å²) in [6.45, 7) is 0.633. The van der Waals surface area contributed by atoms with E-state index in [4.69, 9.17) is 4.74 Å².